The van der Waals surface area contributed by atoms with Gasteiger partial charge in [-0.1, -0.05) is 24.0 Å². The molecule has 0 unspecified atom stereocenters. The Hall–Kier alpha value is -1.40. The van der Waals surface area contributed by atoms with Crippen LogP contribution >= 0.6 is 24.0 Å². The summed E-state index contributed by atoms with van der Waals surface area (Å²) in [5, 5.41) is 2.51. The molecule has 4 nitrogen and oxygen atoms in total. The molecular formula is C9H6N2O2S2. The molecule has 0 aromatic carbocycles. The molecule has 1 aromatic rings. The highest BCUT2D eigenvalue weighted by Crippen LogP contribution is 2.25. The number of hydrogen-bond donors (Lipinski definition) is 2. The Morgan fingerprint density at radius 3 is 2.67 bits per heavy atom. The van der Waals surface area contributed by atoms with Crippen molar-refractivity contribution < 1.29 is 4.79 Å². The molecule has 1 saturated heterocycles. The lowest BCUT2D eigenvalue weighted by Crippen LogP contribution is -2.17. The molecule has 0 bridgehead atoms. The molecular weight excluding hydrogens is 232 g/mol. The van der Waals surface area contributed by atoms with E-state index in [0.717, 1.165) is 5.56 Å². The lowest BCUT2D eigenvalue weighted by molar-refractivity contribution is -0.115. The number of hydrogen-bond acceptors (Lipinski definition) is 4. The summed E-state index contributed by atoms with van der Waals surface area (Å²) >= 11 is 6.06. The van der Waals surface area contributed by atoms with Crippen molar-refractivity contribution in [1.29, 1.82) is 0 Å². The second-order valence-corrected chi connectivity index (χ2v) is 4.56. The highest BCUT2D eigenvalue weighted by atomic mass is 32.2. The second kappa shape index (κ2) is 4.00. The number of thiocarbonyl (C=S) groups is 1. The van der Waals surface area contributed by atoms with E-state index >= 15 is 0 Å². The van der Waals surface area contributed by atoms with Crippen LogP contribution in [0.3, 0.4) is 0 Å². The maximum absolute atomic E-state index is 11.3. The van der Waals surface area contributed by atoms with E-state index in [1.807, 2.05) is 0 Å². The standard InChI is InChI=1S/C9H6N2O2S2/c12-7-2-1-5(4-10-7)3-6-8(13)11-9(14)15-6/h1-4H,(H,10,12)(H,11,13,14)/b6-3+. The average molecular weight is 238 g/mol. The third-order valence-corrected chi connectivity index (χ3v) is 2.91. The van der Waals surface area contributed by atoms with Crippen molar-refractivity contribution >= 4 is 40.3 Å². The first kappa shape index (κ1) is 10.1. The molecule has 1 aliphatic heterocycles. The lowest BCUT2D eigenvalue weighted by atomic mass is 10.2. The summed E-state index contributed by atoms with van der Waals surface area (Å²) in [4.78, 5) is 25.2. The number of amides is 1. The Balaban J connectivity index is 2.30. The number of pyridine rings is 1. The molecule has 1 aromatic heterocycles. The maximum atomic E-state index is 11.3. The molecule has 1 aliphatic rings. The molecule has 15 heavy (non-hydrogen) atoms. The van der Waals surface area contributed by atoms with Gasteiger partial charge in [0, 0.05) is 12.3 Å². The monoisotopic (exact) mass is 238 g/mol. The van der Waals surface area contributed by atoms with Gasteiger partial charge in [-0.2, -0.15) is 0 Å². The maximum Gasteiger partial charge on any atom is 0.263 e. The molecule has 0 saturated carbocycles. The summed E-state index contributed by atoms with van der Waals surface area (Å²) in [6, 6.07) is 3.04. The van der Waals surface area contributed by atoms with E-state index in [1.165, 1.54) is 17.8 Å². The summed E-state index contributed by atoms with van der Waals surface area (Å²) in [5.41, 5.74) is 0.591. The summed E-state index contributed by atoms with van der Waals surface area (Å²) in [5.74, 6) is -0.198. The van der Waals surface area contributed by atoms with Gasteiger partial charge in [-0.25, -0.2) is 0 Å². The fourth-order valence-corrected chi connectivity index (χ4v) is 2.13. The highest BCUT2D eigenvalue weighted by Gasteiger charge is 2.21. The van der Waals surface area contributed by atoms with Crippen LogP contribution in [0.15, 0.2) is 28.0 Å². The number of aromatic amines is 1. The van der Waals surface area contributed by atoms with Gasteiger partial charge in [0.15, 0.2) is 0 Å². The Bertz CT molecular complexity index is 499. The van der Waals surface area contributed by atoms with Crippen LogP contribution in [-0.2, 0) is 4.79 Å². The van der Waals surface area contributed by atoms with Crippen molar-refractivity contribution in [2.24, 2.45) is 0 Å². The first-order chi connectivity index (χ1) is 7.15. The van der Waals surface area contributed by atoms with Crippen molar-refractivity contribution in [3.05, 3.63) is 39.2 Å². The topological polar surface area (TPSA) is 62.0 Å². The second-order valence-electron chi connectivity index (χ2n) is 2.84. The fourth-order valence-electron chi connectivity index (χ4n) is 1.08. The van der Waals surface area contributed by atoms with Gasteiger partial charge in [0.05, 0.1) is 4.91 Å². The van der Waals surface area contributed by atoms with Crippen LogP contribution in [0, 0.1) is 0 Å². The highest BCUT2D eigenvalue weighted by molar-refractivity contribution is 8.26. The number of carbonyl (C=O) groups is 1. The molecule has 76 valence electrons. The number of H-pyrrole nitrogens is 1. The van der Waals surface area contributed by atoms with E-state index in [1.54, 1.807) is 18.3 Å². The Morgan fingerprint density at radius 2 is 2.13 bits per heavy atom. The molecule has 2 heterocycles. The van der Waals surface area contributed by atoms with Gasteiger partial charge < -0.3 is 10.3 Å². The summed E-state index contributed by atoms with van der Waals surface area (Å²) in [6.45, 7) is 0. The van der Waals surface area contributed by atoms with Crippen molar-refractivity contribution in [3.63, 3.8) is 0 Å². The SMILES string of the molecule is O=C1NC(=S)S/C1=C/c1ccc(=O)[nH]c1. The molecule has 2 N–H and O–H groups in total. The van der Waals surface area contributed by atoms with Gasteiger partial charge in [0.1, 0.15) is 4.32 Å². The van der Waals surface area contributed by atoms with Crippen molar-refractivity contribution in [2.45, 2.75) is 0 Å². The first-order valence-corrected chi connectivity index (χ1v) is 5.31. The zero-order valence-electron chi connectivity index (χ0n) is 7.44. The molecule has 1 amide bonds. The molecule has 0 spiro atoms. The molecule has 0 radical (unpaired) electrons. The molecule has 6 heteroatoms. The van der Waals surface area contributed by atoms with Crippen LogP contribution in [0.25, 0.3) is 6.08 Å². The zero-order chi connectivity index (χ0) is 10.8. The van der Waals surface area contributed by atoms with Crippen LogP contribution in [0.2, 0.25) is 0 Å². The van der Waals surface area contributed by atoms with Crippen LogP contribution in [0.1, 0.15) is 5.56 Å². The normalized spacial score (nSPS) is 18.3. The van der Waals surface area contributed by atoms with Crippen LogP contribution in [-0.4, -0.2) is 15.2 Å². The Labute approximate surface area is 94.8 Å². The number of aromatic nitrogens is 1. The van der Waals surface area contributed by atoms with E-state index in [2.05, 4.69) is 10.3 Å². The predicted molar refractivity (Wildman–Crippen MR) is 63.4 cm³/mol. The van der Waals surface area contributed by atoms with E-state index < -0.39 is 0 Å². The smallest absolute Gasteiger partial charge is 0.263 e. The average Bonchev–Trinajstić information content (AvgIpc) is 2.49. The lowest BCUT2D eigenvalue weighted by Gasteiger charge is -1.93. The van der Waals surface area contributed by atoms with Gasteiger partial charge in [-0.05, 0) is 17.7 Å². The summed E-state index contributed by atoms with van der Waals surface area (Å²) in [6.07, 6.45) is 3.22. The first-order valence-electron chi connectivity index (χ1n) is 4.09. The third-order valence-electron chi connectivity index (χ3n) is 1.75. The largest absolute Gasteiger partial charge is 0.329 e. The van der Waals surface area contributed by atoms with Gasteiger partial charge in [-0.3, -0.25) is 9.59 Å². The molecule has 0 atom stereocenters. The van der Waals surface area contributed by atoms with Crippen LogP contribution in [0.4, 0.5) is 0 Å². The van der Waals surface area contributed by atoms with Crippen molar-refractivity contribution in [1.82, 2.24) is 10.3 Å². The zero-order valence-corrected chi connectivity index (χ0v) is 9.08. The third kappa shape index (κ3) is 2.34. The minimum Gasteiger partial charge on any atom is -0.329 e. The Kier molecular flexibility index (Phi) is 2.70. The number of nitrogens with one attached hydrogen (secondary N) is 2. The van der Waals surface area contributed by atoms with Gasteiger partial charge in [0.25, 0.3) is 5.91 Å². The van der Waals surface area contributed by atoms with Crippen molar-refractivity contribution in [3.8, 4) is 0 Å². The number of rotatable bonds is 1. The van der Waals surface area contributed by atoms with Crippen LogP contribution in [0.5, 0.6) is 0 Å². The quantitative estimate of drug-likeness (QED) is 0.563. The van der Waals surface area contributed by atoms with Gasteiger partial charge in [-0.15, -0.1) is 0 Å². The van der Waals surface area contributed by atoms with E-state index in [4.69, 9.17) is 12.2 Å². The van der Waals surface area contributed by atoms with Gasteiger partial charge in [0.2, 0.25) is 5.56 Å². The number of carbonyl (C=O) groups excluding carboxylic acids is 1. The number of thioether (sulfide) groups is 1. The molecule has 1 fully saturated rings. The van der Waals surface area contributed by atoms with Crippen molar-refractivity contribution in [2.75, 3.05) is 0 Å². The molecule has 0 aliphatic carbocycles. The fraction of sp³-hybridized carbons (Fsp3) is 0. The van der Waals surface area contributed by atoms with E-state index in [-0.39, 0.29) is 11.5 Å². The Morgan fingerprint density at radius 1 is 1.33 bits per heavy atom. The summed E-state index contributed by atoms with van der Waals surface area (Å²) in [7, 11) is 0. The van der Waals surface area contributed by atoms with E-state index in [9.17, 15) is 9.59 Å². The minimum atomic E-state index is -0.198. The minimum absolute atomic E-state index is 0.170. The predicted octanol–water partition coefficient (Wildman–Crippen LogP) is 0.864. The molecule has 2 rings (SSSR count). The van der Waals surface area contributed by atoms with Crippen LogP contribution < -0.4 is 10.9 Å². The summed E-state index contributed by atoms with van der Waals surface area (Å²) < 4.78 is 0.454. The van der Waals surface area contributed by atoms with Gasteiger partial charge >= 0.3 is 0 Å². The van der Waals surface area contributed by atoms with E-state index in [0.29, 0.717) is 9.23 Å².